The molecule has 1 aliphatic rings. The highest BCUT2D eigenvalue weighted by Crippen LogP contribution is 2.18. The van der Waals surface area contributed by atoms with Crippen LogP contribution in [0.3, 0.4) is 0 Å². The fourth-order valence-electron chi connectivity index (χ4n) is 3.81. The molecule has 1 heterocycles. The minimum atomic E-state index is 0. The lowest BCUT2D eigenvalue weighted by atomic mass is 10.0. The number of amides is 1. The smallest absolute Gasteiger partial charge is 0.223 e. The van der Waals surface area contributed by atoms with Gasteiger partial charge in [-0.15, -0.1) is 24.0 Å². The van der Waals surface area contributed by atoms with Crippen molar-refractivity contribution >= 4 is 35.8 Å². The standard InChI is InChI=1S/C25H34N4O.HI/c1-3-26-25(27-17-20(2)23-12-8-5-9-13-23)28-18-22-16-24(30)29(19-22)15-14-21-10-6-4-7-11-21;/h4-13,20,22H,3,14-19H2,1-2H3,(H2,26,27,28);1H. The van der Waals surface area contributed by atoms with E-state index in [9.17, 15) is 4.79 Å². The summed E-state index contributed by atoms with van der Waals surface area (Å²) in [7, 11) is 0. The number of hydrogen-bond donors (Lipinski definition) is 2. The van der Waals surface area contributed by atoms with Gasteiger partial charge in [0.25, 0.3) is 0 Å². The van der Waals surface area contributed by atoms with Crippen LogP contribution < -0.4 is 10.6 Å². The Labute approximate surface area is 203 Å². The molecule has 5 nitrogen and oxygen atoms in total. The monoisotopic (exact) mass is 534 g/mol. The van der Waals surface area contributed by atoms with Crippen LogP contribution in [0.15, 0.2) is 65.7 Å². The Morgan fingerprint density at radius 2 is 1.77 bits per heavy atom. The summed E-state index contributed by atoms with van der Waals surface area (Å²) in [5.41, 5.74) is 2.58. The predicted molar refractivity (Wildman–Crippen MR) is 139 cm³/mol. The van der Waals surface area contributed by atoms with Crippen molar-refractivity contribution in [2.45, 2.75) is 32.6 Å². The maximum Gasteiger partial charge on any atom is 0.223 e. The number of nitrogens with one attached hydrogen (secondary N) is 2. The van der Waals surface area contributed by atoms with Crippen LogP contribution in [-0.2, 0) is 11.2 Å². The van der Waals surface area contributed by atoms with Crippen LogP contribution in [0.2, 0.25) is 0 Å². The minimum absolute atomic E-state index is 0. The van der Waals surface area contributed by atoms with Crippen molar-refractivity contribution in [3.05, 3.63) is 71.8 Å². The molecule has 6 heteroatoms. The third-order valence-electron chi connectivity index (χ3n) is 5.60. The lowest BCUT2D eigenvalue weighted by molar-refractivity contribution is -0.127. The van der Waals surface area contributed by atoms with E-state index in [0.29, 0.717) is 18.3 Å². The number of likely N-dealkylation sites (tertiary alicyclic amines) is 1. The fraction of sp³-hybridized carbons (Fsp3) is 0.440. The Morgan fingerprint density at radius 3 is 2.45 bits per heavy atom. The molecule has 1 amide bonds. The van der Waals surface area contributed by atoms with Gasteiger partial charge in [-0.2, -0.15) is 0 Å². The van der Waals surface area contributed by atoms with Crippen molar-refractivity contribution in [3.8, 4) is 0 Å². The molecular formula is C25H35IN4O. The van der Waals surface area contributed by atoms with Gasteiger partial charge in [0, 0.05) is 51.0 Å². The molecule has 3 rings (SSSR count). The van der Waals surface area contributed by atoms with Gasteiger partial charge >= 0.3 is 0 Å². The molecule has 0 aromatic heterocycles. The van der Waals surface area contributed by atoms with Crippen LogP contribution in [0.5, 0.6) is 0 Å². The van der Waals surface area contributed by atoms with E-state index >= 15 is 0 Å². The van der Waals surface area contributed by atoms with Crippen LogP contribution in [0.1, 0.15) is 37.3 Å². The van der Waals surface area contributed by atoms with Crippen molar-refractivity contribution < 1.29 is 4.79 Å². The SMILES string of the molecule is CCNC(=NCC(C)c1ccccc1)NCC1CC(=O)N(CCc2ccccc2)C1.I. The van der Waals surface area contributed by atoms with E-state index in [1.54, 1.807) is 0 Å². The van der Waals surface area contributed by atoms with Crippen LogP contribution in [0.25, 0.3) is 0 Å². The van der Waals surface area contributed by atoms with Gasteiger partial charge in [0.1, 0.15) is 0 Å². The number of carbonyl (C=O) groups is 1. The van der Waals surface area contributed by atoms with Gasteiger partial charge in [0.15, 0.2) is 5.96 Å². The number of guanidine groups is 1. The zero-order valence-electron chi connectivity index (χ0n) is 18.6. The molecule has 2 unspecified atom stereocenters. The quantitative estimate of drug-likeness (QED) is 0.290. The first-order valence-electron chi connectivity index (χ1n) is 11.0. The van der Waals surface area contributed by atoms with E-state index in [0.717, 1.165) is 45.1 Å². The van der Waals surface area contributed by atoms with Gasteiger partial charge < -0.3 is 15.5 Å². The second-order valence-electron chi connectivity index (χ2n) is 8.06. The van der Waals surface area contributed by atoms with Crippen molar-refractivity contribution in [1.82, 2.24) is 15.5 Å². The van der Waals surface area contributed by atoms with Crippen molar-refractivity contribution in [1.29, 1.82) is 0 Å². The Bertz CT molecular complexity index is 813. The van der Waals surface area contributed by atoms with Gasteiger partial charge in [0.05, 0.1) is 0 Å². The summed E-state index contributed by atoms with van der Waals surface area (Å²) in [6, 6.07) is 20.8. The number of halogens is 1. The average Bonchev–Trinajstić information content (AvgIpc) is 3.14. The largest absolute Gasteiger partial charge is 0.357 e. The van der Waals surface area contributed by atoms with Crippen molar-refractivity contribution in [2.75, 3.05) is 32.7 Å². The van der Waals surface area contributed by atoms with Crippen LogP contribution in [-0.4, -0.2) is 49.5 Å². The first kappa shape index (κ1) is 25.2. The summed E-state index contributed by atoms with van der Waals surface area (Å²) in [4.78, 5) is 19.2. The third kappa shape index (κ3) is 8.16. The van der Waals surface area contributed by atoms with Crippen LogP contribution in [0, 0.1) is 5.92 Å². The number of rotatable bonds is 9. The summed E-state index contributed by atoms with van der Waals surface area (Å²) < 4.78 is 0. The summed E-state index contributed by atoms with van der Waals surface area (Å²) in [6.07, 6.45) is 1.52. The van der Waals surface area contributed by atoms with E-state index in [1.807, 2.05) is 29.2 Å². The van der Waals surface area contributed by atoms with Gasteiger partial charge in [-0.25, -0.2) is 0 Å². The Kier molecular flexibility index (Phi) is 10.8. The summed E-state index contributed by atoms with van der Waals surface area (Å²) in [6.45, 7) is 8.19. The van der Waals surface area contributed by atoms with E-state index in [2.05, 4.69) is 60.9 Å². The molecule has 0 aliphatic carbocycles. The molecule has 0 radical (unpaired) electrons. The summed E-state index contributed by atoms with van der Waals surface area (Å²) in [5, 5.41) is 6.77. The summed E-state index contributed by atoms with van der Waals surface area (Å²) >= 11 is 0. The lowest BCUT2D eigenvalue weighted by Gasteiger charge is -2.18. The van der Waals surface area contributed by atoms with Gasteiger partial charge in [0.2, 0.25) is 5.91 Å². The maximum absolute atomic E-state index is 12.4. The number of aliphatic imine (C=N–C) groups is 1. The minimum Gasteiger partial charge on any atom is -0.357 e. The topological polar surface area (TPSA) is 56.7 Å². The molecule has 2 aromatic rings. The highest BCUT2D eigenvalue weighted by molar-refractivity contribution is 14.0. The Hall–Kier alpha value is -2.09. The van der Waals surface area contributed by atoms with Gasteiger partial charge in [-0.05, 0) is 24.5 Å². The first-order valence-corrected chi connectivity index (χ1v) is 11.0. The van der Waals surface area contributed by atoms with Gasteiger partial charge in [-0.1, -0.05) is 67.6 Å². The molecule has 0 spiro atoms. The fourth-order valence-corrected chi connectivity index (χ4v) is 3.81. The Morgan fingerprint density at radius 1 is 1.10 bits per heavy atom. The lowest BCUT2D eigenvalue weighted by Crippen LogP contribution is -2.40. The molecule has 0 bridgehead atoms. The second-order valence-corrected chi connectivity index (χ2v) is 8.06. The van der Waals surface area contributed by atoms with E-state index in [4.69, 9.17) is 4.99 Å². The molecule has 31 heavy (non-hydrogen) atoms. The van der Waals surface area contributed by atoms with Gasteiger partial charge in [-0.3, -0.25) is 9.79 Å². The van der Waals surface area contributed by atoms with Crippen molar-refractivity contribution in [2.24, 2.45) is 10.9 Å². The van der Waals surface area contributed by atoms with Crippen molar-refractivity contribution in [3.63, 3.8) is 0 Å². The molecule has 2 N–H and O–H groups in total. The molecular weight excluding hydrogens is 499 g/mol. The second kappa shape index (κ2) is 13.3. The number of nitrogens with zero attached hydrogens (tertiary/aromatic N) is 2. The zero-order valence-corrected chi connectivity index (χ0v) is 20.9. The molecule has 0 saturated carbocycles. The molecule has 2 aromatic carbocycles. The molecule has 1 aliphatic heterocycles. The molecule has 168 valence electrons. The maximum atomic E-state index is 12.4. The first-order chi connectivity index (χ1) is 14.7. The molecule has 1 saturated heterocycles. The number of hydrogen-bond acceptors (Lipinski definition) is 2. The van der Waals surface area contributed by atoms with E-state index in [1.165, 1.54) is 11.1 Å². The molecule has 2 atom stereocenters. The number of benzene rings is 2. The zero-order chi connectivity index (χ0) is 21.2. The van der Waals surface area contributed by atoms with E-state index < -0.39 is 0 Å². The predicted octanol–water partition coefficient (Wildman–Crippen LogP) is 4.05. The van der Waals surface area contributed by atoms with Crippen LogP contribution >= 0.6 is 24.0 Å². The normalized spacial score (nSPS) is 17.2. The summed E-state index contributed by atoms with van der Waals surface area (Å²) in [5.74, 6) is 1.78. The highest BCUT2D eigenvalue weighted by Gasteiger charge is 2.29. The average molecular weight is 534 g/mol. The highest BCUT2D eigenvalue weighted by atomic mass is 127. The van der Waals surface area contributed by atoms with E-state index in [-0.39, 0.29) is 29.9 Å². The molecule has 1 fully saturated rings. The van der Waals surface area contributed by atoms with Crippen LogP contribution in [0.4, 0.5) is 0 Å². The Balaban J connectivity index is 0.00000341. The third-order valence-corrected chi connectivity index (χ3v) is 5.60. The number of carbonyl (C=O) groups excluding carboxylic acids is 1.